The van der Waals surface area contributed by atoms with E-state index >= 15 is 0 Å². The minimum absolute atomic E-state index is 0.0390. The van der Waals surface area contributed by atoms with Gasteiger partial charge in [0.05, 0.1) is 4.92 Å². The minimum Gasteiger partial charge on any atom is -0.363 e. The van der Waals surface area contributed by atoms with Gasteiger partial charge in [-0.15, -0.1) is 5.10 Å². The van der Waals surface area contributed by atoms with Crippen LogP contribution < -0.4 is 5.32 Å². The van der Waals surface area contributed by atoms with Gasteiger partial charge in [0.2, 0.25) is 5.82 Å². The molecule has 0 aliphatic rings. The minimum atomic E-state index is -0.413. The Hall–Kier alpha value is -1.59. The van der Waals surface area contributed by atoms with Gasteiger partial charge >= 0.3 is 5.69 Å². The first kappa shape index (κ1) is 11.5. The van der Waals surface area contributed by atoms with Gasteiger partial charge in [-0.05, 0) is 20.3 Å². The fourth-order valence-electron chi connectivity index (χ4n) is 1.15. The summed E-state index contributed by atoms with van der Waals surface area (Å²) in [6.45, 7) is 6.55. The van der Waals surface area contributed by atoms with Crippen molar-refractivity contribution >= 4 is 11.5 Å². The SMILES string of the molecule is CCCNc1nn(C(C)C)cc1[N+](=O)[O-]. The zero-order chi connectivity index (χ0) is 11.4. The molecule has 0 atom stereocenters. The van der Waals surface area contributed by atoms with E-state index in [9.17, 15) is 10.1 Å². The van der Waals surface area contributed by atoms with E-state index in [1.165, 1.54) is 6.20 Å². The maximum Gasteiger partial charge on any atom is 0.330 e. The van der Waals surface area contributed by atoms with Crippen LogP contribution in [0.25, 0.3) is 0 Å². The molecule has 0 spiro atoms. The molecule has 0 unspecified atom stereocenters. The molecule has 6 nitrogen and oxygen atoms in total. The molecular weight excluding hydrogens is 196 g/mol. The van der Waals surface area contributed by atoms with Crippen LogP contribution in [0.1, 0.15) is 33.2 Å². The second-order valence-electron chi connectivity index (χ2n) is 3.62. The highest BCUT2D eigenvalue weighted by Crippen LogP contribution is 2.23. The first-order valence-electron chi connectivity index (χ1n) is 5.03. The Labute approximate surface area is 88.4 Å². The van der Waals surface area contributed by atoms with Crippen molar-refractivity contribution in [3.8, 4) is 0 Å². The first-order valence-corrected chi connectivity index (χ1v) is 5.03. The Bertz CT molecular complexity index is 346. The molecule has 0 saturated carbocycles. The largest absolute Gasteiger partial charge is 0.363 e. The predicted octanol–water partition coefficient (Wildman–Crippen LogP) is 2.19. The van der Waals surface area contributed by atoms with Crippen LogP contribution in [0, 0.1) is 10.1 Å². The molecule has 0 bridgehead atoms. The van der Waals surface area contributed by atoms with Crippen molar-refractivity contribution in [2.45, 2.75) is 33.2 Å². The Kier molecular flexibility index (Phi) is 3.65. The summed E-state index contributed by atoms with van der Waals surface area (Å²) in [6.07, 6.45) is 2.37. The smallest absolute Gasteiger partial charge is 0.330 e. The molecule has 1 aromatic rings. The van der Waals surface area contributed by atoms with Gasteiger partial charge in [-0.25, -0.2) is 0 Å². The van der Waals surface area contributed by atoms with Crippen LogP contribution in [0.3, 0.4) is 0 Å². The summed E-state index contributed by atoms with van der Waals surface area (Å²) in [6, 6.07) is 0.126. The number of hydrogen-bond donors (Lipinski definition) is 1. The van der Waals surface area contributed by atoms with Gasteiger partial charge in [0, 0.05) is 12.6 Å². The van der Waals surface area contributed by atoms with Gasteiger partial charge in [-0.3, -0.25) is 14.8 Å². The Morgan fingerprint density at radius 2 is 2.33 bits per heavy atom. The molecule has 1 rings (SSSR count). The fourth-order valence-corrected chi connectivity index (χ4v) is 1.15. The van der Waals surface area contributed by atoms with Crippen LogP contribution in [0.2, 0.25) is 0 Å². The average molecular weight is 212 g/mol. The van der Waals surface area contributed by atoms with Crippen molar-refractivity contribution < 1.29 is 4.92 Å². The summed E-state index contributed by atoms with van der Waals surface area (Å²) in [5.74, 6) is 0.357. The molecule has 1 N–H and O–H groups in total. The molecule has 1 aromatic heterocycles. The summed E-state index contributed by atoms with van der Waals surface area (Å²) in [7, 11) is 0. The number of nitrogens with one attached hydrogen (secondary N) is 1. The van der Waals surface area contributed by atoms with Crippen LogP contribution in [0.15, 0.2) is 6.20 Å². The molecule has 0 fully saturated rings. The van der Waals surface area contributed by atoms with E-state index in [1.807, 2.05) is 20.8 Å². The monoisotopic (exact) mass is 212 g/mol. The van der Waals surface area contributed by atoms with E-state index < -0.39 is 4.92 Å². The van der Waals surface area contributed by atoms with Gasteiger partial charge in [-0.2, -0.15) is 0 Å². The van der Waals surface area contributed by atoms with Crippen molar-refractivity contribution in [3.63, 3.8) is 0 Å². The summed E-state index contributed by atoms with van der Waals surface area (Å²) in [5, 5.41) is 17.8. The van der Waals surface area contributed by atoms with E-state index in [-0.39, 0.29) is 11.7 Å². The van der Waals surface area contributed by atoms with Crippen molar-refractivity contribution in [2.75, 3.05) is 11.9 Å². The molecule has 0 saturated heterocycles. The lowest BCUT2D eigenvalue weighted by Gasteiger charge is -2.02. The lowest BCUT2D eigenvalue weighted by atomic mass is 10.4. The van der Waals surface area contributed by atoms with Gasteiger partial charge < -0.3 is 5.32 Å². The maximum atomic E-state index is 10.7. The Morgan fingerprint density at radius 3 is 2.80 bits per heavy atom. The third kappa shape index (κ3) is 2.68. The number of nitro groups is 1. The van der Waals surface area contributed by atoms with Gasteiger partial charge in [0.25, 0.3) is 0 Å². The third-order valence-electron chi connectivity index (χ3n) is 1.98. The lowest BCUT2D eigenvalue weighted by Crippen LogP contribution is -2.05. The number of nitrogens with zero attached hydrogens (tertiary/aromatic N) is 3. The highest BCUT2D eigenvalue weighted by atomic mass is 16.6. The molecule has 0 aliphatic carbocycles. The predicted molar refractivity (Wildman–Crippen MR) is 58.0 cm³/mol. The summed E-state index contributed by atoms with van der Waals surface area (Å²) in [4.78, 5) is 10.3. The Morgan fingerprint density at radius 1 is 1.67 bits per heavy atom. The molecule has 0 aliphatic heterocycles. The fraction of sp³-hybridized carbons (Fsp3) is 0.667. The topological polar surface area (TPSA) is 73.0 Å². The molecule has 1 heterocycles. The summed E-state index contributed by atoms with van der Waals surface area (Å²) < 4.78 is 1.59. The van der Waals surface area contributed by atoms with Gasteiger partial charge in [0.1, 0.15) is 6.20 Å². The maximum absolute atomic E-state index is 10.7. The number of hydrogen-bond acceptors (Lipinski definition) is 4. The average Bonchev–Trinajstić information content (AvgIpc) is 2.58. The second kappa shape index (κ2) is 4.77. The van der Waals surface area contributed by atoms with E-state index in [0.29, 0.717) is 12.4 Å². The van der Waals surface area contributed by atoms with E-state index in [4.69, 9.17) is 0 Å². The van der Waals surface area contributed by atoms with E-state index in [0.717, 1.165) is 6.42 Å². The quantitative estimate of drug-likeness (QED) is 0.599. The van der Waals surface area contributed by atoms with Crippen LogP contribution in [0.4, 0.5) is 11.5 Å². The van der Waals surface area contributed by atoms with Crippen molar-refractivity contribution in [1.82, 2.24) is 9.78 Å². The zero-order valence-corrected chi connectivity index (χ0v) is 9.23. The van der Waals surface area contributed by atoms with Crippen molar-refractivity contribution in [2.24, 2.45) is 0 Å². The molecule has 15 heavy (non-hydrogen) atoms. The van der Waals surface area contributed by atoms with Gasteiger partial charge in [-0.1, -0.05) is 6.92 Å². The number of anilines is 1. The lowest BCUT2D eigenvalue weighted by molar-refractivity contribution is -0.384. The van der Waals surface area contributed by atoms with Crippen LogP contribution in [-0.2, 0) is 0 Å². The first-order chi connectivity index (χ1) is 7.06. The normalized spacial score (nSPS) is 10.7. The molecule has 0 radical (unpaired) electrons. The summed E-state index contributed by atoms with van der Waals surface area (Å²) >= 11 is 0. The number of rotatable bonds is 5. The molecule has 6 heteroatoms. The van der Waals surface area contributed by atoms with E-state index in [1.54, 1.807) is 4.68 Å². The molecular formula is C9H16N4O2. The van der Waals surface area contributed by atoms with Crippen LogP contribution in [0.5, 0.6) is 0 Å². The van der Waals surface area contributed by atoms with Crippen molar-refractivity contribution in [1.29, 1.82) is 0 Å². The zero-order valence-electron chi connectivity index (χ0n) is 9.23. The standard InChI is InChI=1S/C9H16N4O2/c1-4-5-10-9-8(13(14)15)6-12(11-9)7(2)3/h6-7H,4-5H2,1-3H3,(H,10,11). The number of aromatic nitrogens is 2. The third-order valence-corrected chi connectivity index (χ3v) is 1.98. The molecule has 84 valence electrons. The molecule has 0 aromatic carbocycles. The van der Waals surface area contributed by atoms with E-state index in [2.05, 4.69) is 10.4 Å². The Balaban J connectivity index is 2.95. The van der Waals surface area contributed by atoms with Crippen molar-refractivity contribution in [3.05, 3.63) is 16.3 Å². The second-order valence-corrected chi connectivity index (χ2v) is 3.62. The van der Waals surface area contributed by atoms with Crippen LogP contribution in [-0.4, -0.2) is 21.2 Å². The summed E-state index contributed by atoms with van der Waals surface area (Å²) in [5.41, 5.74) is 0.0390. The highest BCUT2D eigenvalue weighted by molar-refractivity contribution is 5.54. The van der Waals surface area contributed by atoms with Crippen LogP contribution >= 0.6 is 0 Å². The van der Waals surface area contributed by atoms with Gasteiger partial charge in [0.15, 0.2) is 0 Å². The molecule has 0 amide bonds. The highest BCUT2D eigenvalue weighted by Gasteiger charge is 2.19.